The molecular weight excluding hydrogens is 590 g/mol. The molecule has 6 rings (SSSR count). The summed E-state index contributed by atoms with van der Waals surface area (Å²) in [6.45, 7) is 1.65. The second kappa shape index (κ2) is 11.6. The van der Waals surface area contributed by atoms with E-state index < -0.39 is 17.1 Å². The number of para-hydroxylation sites is 1. The van der Waals surface area contributed by atoms with Gasteiger partial charge in [-0.25, -0.2) is 4.90 Å². The van der Waals surface area contributed by atoms with Gasteiger partial charge in [0.25, 0.3) is 5.91 Å². The van der Waals surface area contributed by atoms with E-state index in [1.165, 1.54) is 23.8 Å². The zero-order valence-corrected chi connectivity index (χ0v) is 25.0. The largest absolute Gasteiger partial charge is 0.497 e. The molecule has 0 radical (unpaired) electrons. The first-order chi connectivity index (χ1) is 20.8. The van der Waals surface area contributed by atoms with Gasteiger partial charge in [-0.2, -0.15) is 0 Å². The molecule has 0 aliphatic carbocycles. The van der Waals surface area contributed by atoms with Crippen molar-refractivity contribution in [1.82, 2.24) is 4.98 Å². The summed E-state index contributed by atoms with van der Waals surface area (Å²) in [4.78, 5) is 57.1. The predicted molar refractivity (Wildman–Crippen MR) is 164 cm³/mol. The molecule has 3 atom stereocenters. The third kappa shape index (κ3) is 5.28. The van der Waals surface area contributed by atoms with Crippen LogP contribution in [0.15, 0.2) is 76.6 Å². The zero-order chi connectivity index (χ0) is 30.2. The Kier molecular flexibility index (Phi) is 7.72. The molecule has 3 heterocycles. The van der Waals surface area contributed by atoms with E-state index in [1.54, 1.807) is 49.6 Å². The van der Waals surface area contributed by atoms with Crippen LogP contribution in [0.4, 0.5) is 11.4 Å². The van der Waals surface area contributed by atoms with Gasteiger partial charge in [-0.05, 0) is 60.5 Å². The molecule has 3 amide bonds. The molecule has 43 heavy (non-hydrogen) atoms. The molecule has 4 aromatic rings. The lowest BCUT2D eigenvalue weighted by Crippen LogP contribution is -2.32. The zero-order valence-electron chi connectivity index (χ0n) is 23.4. The number of rotatable bonds is 8. The van der Waals surface area contributed by atoms with Crippen molar-refractivity contribution in [2.75, 3.05) is 31.0 Å². The number of thioether (sulfide) groups is 1. The number of amides is 3. The predicted octanol–water partition coefficient (Wildman–Crippen LogP) is 4.58. The van der Waals surface area contributed by atoms with Gasteiger partial charge in [0.05, 0.1) is 30.9 Å². The summed E-state index contributed by atoms with van der Waals surface area (Å²) in [6.07, 6.45) is 0. The third-order valence-corrected chi connectivity index (χ3v) is 9.88. The van der Waals surface area contributed by atoms with Gasteiger partial charge in [-0.1, -0.05) is 47.4 Å². The van der Waals surface area contributed by atoms with Gasteiger partial charge in [0.1, 0.15) is 11.0 Å². The Morgan fingerprint density at radius 1 is 0.953 bits per heavy atom. The van der Waals surface area contributed by atoms with Crippen molar-refractivity contribution < 1.29 is 28.6 Å². The second-order valence-corrected chi connectivity index (χ2v) is 12.2. The van der Waals surface area contributed by atoms with E-state index >= 15 is 0 Å². The SMILES string of the molecule is COc1ccc(N2C(=O)C3Sc4[nH]c(=O)sc4[C@H](c4ccc(OCC(=O)Nc5ccccc5C)c(OC)c4)C3C2=O)cc1. The van der Waals surface area contributed by atoms with Crippen molar-refractivity contribution in [2.45, 2.75) is 23.1 Å². The van der Waals surface area contributed by atoms with Crippen molar-refractivity contribution in [3.8, 4) is 17.2 Å². The van der Waals surface area contributed by atoms with Crippen LogP contribution in [0.25, 0.3) is 0 Å². The van der Waals surface area contributed by atoms with Crippen molar-refractivity contribution in [3.05, 3.63) is 92.4 Å². The maximum atomic E-state index is 14.0. The van der Waals surface area contributed by atoms with E-state index in [4.69, 9.17) is 14.2 Å². The minimum atomic E-state index is -0.755. The maximum absolute atomic E-state index is 14.0. The number of anilines is 2. The number of aryl methyl sites for hydroxylation is 1. The lowest BCUT2D eigenvalue weighted by atomic mass is 9.83. The Morgan fingerprint density at radius 3 is 2.44 bits per heavy atom. The van der Waals surface area contributed by atoms with Crippen LogP contribution in [0, 0.1) is 12.8 Å². The van der Waals surface area contributed by atoms with Crippen LogP contribution in [-0.4, -0.2) is 48.8 Å². The van der Waals surface area contributed by atoms with Crippen molar-refractivity contribution in [1.29, 1.82) is 0 Å². The molecule has 220 valence electrons. The van der Waals surface area contributed by atoms with Crippen LogP contribution in [0.1, 0.15) is 21.9 Å². The molecular formula is C31H27N3O7S2. The van der Waals surface area contributed by atoms with E-state index in [9.17, 15) is 19.2 Å². The first-order valence-corrected chi connectivity index (χ1v) is 15.1. The van der Waals surface area contributed by atoms with E-state index in [1.807, 2.05) is 31.2 Å². The number of hydrogen-bond acceptors (Lipinski definition) is 9. The smallest absolute Gasteiger partial charge is 0.305 e. The summed E-state index contributed by atoms with van der Waals surface area (Å²) in [6, 6.07) is 19.4. The van der Waals surface area contributed by atoms with Crippen LogP contribution < -0.4 is 29.3 Å². The number of nitrogens with one attached hydrogen (secondary N) is 2. The summed E-state index contributed by atoms with van der Waals surface area (Å²) in [5.74, 6) is -1.08. The van der Waals surface area contributed by atoms with Gasteiger partial charge in [0.2, 0.25) is 11.8 Å². The number of nitrogens with zero attached hydrogens (tertiary/aromatic N) is 1. The summed E-state index contributed by atoms with van der Waals surface area (Å²) in [7, 11) is 3.02. The Labute approximate surface area is 255 Å². The molecule has 2 aliphatic heterocycles. The van der Waals surface area contributed by atoms with Gasteiger partial charge in [-0.15, -0.1) is 0 Å². The van der Waals surface area contributed by atoms with Crippen LogP contribution in [0.3, 0.4) is 0 Å². The number of imide groups is 1. The number of carbonyl (C=O) groups is 3. The second-order valence-electron chi connectivity index (χ2n) is 10.0. The molecule has 1 fully saturated rings. The van der Waals surface area contributed by atoms with Crippen LogP contribution >= 0.6 is 23.1 Å². The minimum absolute atomic E-state index is 0.248. The number of fused-ring (bicyclic) bond motifs is 2. The lowest BCUT2D eigenvalue weighted by Gasteiger charge is -2.30. The first-order valence-electron chi connectivity index (χ1n) is 13.4. The Bertz CT molecular complexity index is 1780. The number of carbonyl (C=O) groups excluding carboxylic acids is 3. The molecule has 2 N–H and O–H groups in total. The highest BCUT2D eigenvalue weighted by atomic mass is 32.2. The molecule has 2 aliphatic rings. The van der Waals surface area contributed by atoms with Crippen LogP contribution in [0.5, 0.6) is 17.2 Å². The monoisotopic (exact) mass is 617 g/mol. The fourth-order valence-corrected chi connectivity index (χ4v) is 7.92. The molecule has 12 heteroatoms. The van der Waals surface area contributed by atoms with Crippen molar-refractivity contribution in [3.63, 3.8) is 0 Å². The molecule has 10 nitrogen and oxygen atoms in total. The maximum Gasteiger partial charge on any atom is 0.305 e. The molecule has 1 aromatic heterocycles. The summed E-state index contributed by atoms with van der Waals surface area (Å²) in [5.41, 5.74) is 2.76. The average Bonchev–Trinajstić information content (AvgIpc) is 3.51. The van der Waals surface area contributed by atoms with Gasteiger partial charge in [-0.3, -0.25) is 19.2 Å². The third-order valence-electron chi connectivity index (χ3n) is 7.48. The standard InChI is InChI=1S/C31H27N3O7S2/c1-16-6-4-5-7-20(16)32-23(35)15-41-21-13-8-17(14-22(21)40-3)24-25-27(42-28-26(24)43-31(38)33-28)30(37)34(29(25)36)18-9-11-19(39-2)12-10-18/h4-14,24-25,27H,15H2,1-3H3,(H,32,35)(H,33,38)/t24-,25?,27?/m1/s1. The lowest BCUT2D eigenvalue weighted by molar-refractivity contribution is -0.122. The number of aromatic amines is 1. The number of methoxy groups -OCH3 is 2. The number of aromatic nitrogens is 1. The van der Waals surface area contributed by atoms with Crippen molar-refractivity contribution in [2.24, 2.45) is 5.92 Å². The quantitative estimate of drug-likeness (QED) is 0.275. The van der Waals surface area contributed by atoms with E-state index in [0.717, 1.165) is 16.9 Å². The normalized spacial score (nSPS) is 19.0. The summed E-state index contributed by atoms with van der Waals surface area (Å²) >= 11 is 2.23. The van der Waals surface area contributed by atoms with Crippen LogP contribution in [0.2, 0.25) is 0 Å². The minimum Gasteiger partial charge on any atom is -0.497 e. The molecule has 0 spiro atoms. The fraction of sp³-hybridized carbons (Fsp3) is 0.226. The Morgan fingerprint density at radius 2 is 1.72 bits per heavy atom. The number of thiazole rings is 1. The average molecular weight is 618 g/mol. The van der Waals surface area contributed by atoms with Gasteiger partial charge >= 0.3 is 4.87 Å². The van der Waals surface area contributed by atoms with E-state index in [-0.39, 0.29) is 29.2 Å². The molecule has 0 bridgehead atoms. The number of ether oxygens (including phenoxy) is 3. The Hall–Kier alpha value is -4.55. The topological polar surface area (TPSA) is 127 Å². The molecule has 0 saturated carbocycles. The first kappa shape index (κ1) is 28.6. The fourth-order valence-electron chi connectivity index (χ4n) is 5.40. The number of hydrogen-bond donors (Lipinski definition) is 2. The highest BCUT2D eigenvalue weighted by molar-refractivity contribution is 8.00. The summed E-state index contributed by atoms with van der Waals surface area (Å²) in [5, 5.41) is 2.68. The molecule has 2 unspecified atom stereocenters. The highest BCUT2D eigenvalue weighted by Crippen LogP contribution is 2.53. The Balaban J connectivity index is 1.30. The molecule has 1 saturated heterocycles. The number of benzene rings is 3. The molecule has 3 aromatic carbocycles. The van der Waals surface area contributed by atoms with Gasteiger partial charge < -0.3 is 24.5 Å². The van der Waals surface area contributed by atoms with Gasteiger partial charge in [0.15, 0.2) is 18.1 Å². The van der Waals surface area contributed by atoms with Crippen LogP contribution in [-0.2, 0) is 14.4 Å². The van der Waals surface area contributed by atoms with E-state index in [2.05, 4.69) is 10.3 Å². The van der Waals surface area contributed by atoms with Crippen molar-refractivity contribution >= 4 is 52.2 Å². The highest BCUT2D eigenvalue weighted by Gasteiger charge is 2.56. The van der Waals surface area contributed by atoms with E-state index in [0.29, 0.717) is 44.1 Å². The van der Waals surface area contributed by atoms with Gasteiger partial charge in [0, 0.05) is 16.5 Å². The summed E-state index contributed by atoms with van der Waals surface area (Å²) < 4.78 is 16.6. The number of H-pyrrole nitrogens is 1.